The number of carbonyl (C=O) groups is 1. The second kappa shape index (κ2) is 6.30. The molecule has 1 rings (SSSR count). The van der Waals surface area contributed by atoms with E-state index in [4.69, 9.17) is 15.7 Å². The molecule has 1 atom stereocenters. The number of aromatic nitrogens is 1. The first-order valence-electron chi connectivity index (χ1n) is 6.15. The molecule has 0 unspecified atom stereocenters. The molecule has 0 saturated carbocycles. The summed E-state index contributed by atoms with van der Waals surface area (Å²) in [6.07, 6.45) is 2.66. The number of hydrogen-bond donors (Lipinski definition) is 1. The van der Waals surface area contributed by atoms with Gasteiger partial charge >= 0.3 is 5.97 Å². The summed E-state index contributed by atoms with van der Waals surface area (Å²) in [6.45, 7) is 5.42. The highest BCUT2D eigenvalue weighted by atomic mass is 16.6. The van der Waals surface area contributed by atoms with Gasteiger partial charge in [0.2, 0.25) is 0 Å². The Labute approximate surface area is 113 Å². The molecule has 102 valence electrons. The van der Waals surface area contributed by atoms with Crippen molar-refractivity contribution in [2.24, 2.45) is 5.73 Å². The van der Waals surface area contributed by atoms with Crippen LogP contribution in [0.1, 0.15) is 38.4 Å². The SMILES string of the molecule is CC(C)(C)OC(=O)[C@@H](N)CCc1ccnc(C#N)c1. The van der Waals surface area contributed by atoms with Crippen molar-refractivity contribution in [3.05, 3.63) is 29.6 Å². The summed E-state index contributed by atoms with van der Waals surface area (Å²) < 4.78 is 5.20. The number of pyridine rings is 1. The van der Waals surface area contributed by atoms with Crippen molar-refractivity contribution in [1.29, 1.82) is 5.26 Å². The van der Waals surface area contributed by atoms with E-state index < -0.39 is 17.6 Å². The van der Waals surface area contributed by atoms with E-state index in [9.17, 15) is 4.79 Å². The van der Waals surface area contributed by atoms with Gasteiger partial charge in [-0.05, 0) is 51.3 Å². The highest BCUT2D eigenvalue weighted by Gasteiger charge is 2.21. The second-order valence-corrected chi connectivity index (χ2v) is 5.34. The van der Waals surface area contributed by atoms with Crippen LogP contribution in [0.25, 0.3) is 0 Å². The zero-order chi connectivity index (χ0) is 14.5. The number of nitrogens with two attached hydrogens (primary N) is 1. The van der Waals surface area contributed by atoms with Gasteiger partial charge in [0.05, 0.1) is 0 Å². The van der Waals surface area contributed by atoms with Gasteiger partial charge in [-0.2, -0.15) is 5.26 Å². The van der Waals surface area contributed by atoms with E-state index in [2.05, 4.69) is 4.98 Å². The number of carbonyl (C=O) groups excluding carboxylic acids is 1. The summed E-state index contributed by atoms with van der Waals surface area (Å²) in [4.78, 5) is 15.6. The van der Waals surface area contributed by atoms with Crippen molar-refractivity contribution < 1.29 is 9.53 Å². The van der Waals surface area contributed by atoms with Gasteiger partial charge < -0.3 is 10.5 Å². The molecule has 0 fully saturated rings. The monoisotopic (exact) mass is 261 g/mol. The van der Waals surface area contributed by atoms with Crippen LogP contribution in [0.15, 0.2) is 18.3 Å². The number of esters is 1. The zero-order valence-corrected chi connectivity index (χ0v) is 11.5. The standard InChI is InChI=1S/C14H19N3O2/c1-14(2,3)19-13(18)12(16)5-4-10-6-7-17-11(8-10)9-15/h6-8,12H,4-5,16H2,1-3H3/t12-/m0/s1. The smallest absolute Gasteiger partial charge is 0.323 e. The summed E-state index contributed by atoms with van der Waals surface area (Å²) in [6, 6.07) is 4.82. The molecule has 0 radical (unpaired) electrons. The van der Waals surface area contributed by atoms with Crippen molar-refractivity contribution in [2.45, 2.75) is 45.3 Å². The Hall–Kier alpha value is -1.93. The van der Waals surface area contributed by atoms with Crippen LogP contribution in [-0.4, -0.2) is 22.6 Å². The summed E-state index contributed by atoms with van der Waals surface area (Å²) in [5, 5.41) is 8.74. The third-order valence-corrected chi connectivity index (χ3v) is 2.39. The maximum atomic E-state index is 11.7. The fourth-order valence-corrected chi connectivity index (χ4v) is 1.51. The molecule has 0 amide bonds. The van der Waals surface area contributed by atoms with Crippen molar-refractivity contribution in [3.8, 4) is 6.07 Å². The third-order valence-electron chi connectivity index (χ3n) is 2.39. The highest BCUT2D eigenvalue weighted by Crippen LogP contribution is 2.11. The van der Waals surface area contributed by atoms with Gasteiger partial charge in [0.25, 0.3) is 0 Å². The fraction of sp³-hybridized carbons (Fsp3) is 0.500. The van der Waals surface area contributed by atoms with Gasteiger partial charge in [-0.15, -0.1) is 0 Å². The number of hydrogen-bond acceptors (Lipinski definition) is 5. The summed E-state index contributed by atoms with van der Waals surface area (Å²) >= 11 is 0. The van der Waals surface area contributed by atoms with Crippen LogP contribution in [0.2, 0.25) is 0 Å². The van der Waals surface area contributed by atoms with Crippen LogP contribution < -0.4 is 5.73 Å². The molecular formula is C14H19N3O2. The van der Waals surface area contributed by atoms with Crippen LogP contribution in [0.4, 0.5) is 0 Å². The molecule has 2 N–H and O–H groups in total. The highest BCUT2D eigenvalue weighted by molar-refractivity contribution is 5.75. The number of rotatable bonds is 4. The number of nitriles is 1. The van der Waals surface area contributed by atoms with Crippen molar-refractivity contribution in [1.82, 2.24) is 4.98 Å². The number of aryl methyl sites for hydroxylation is 1. The molecule has 0 aliphatic rings. The molecule has 0 aromatic carbocycles. The fourth-order valence-electron chi connectivity index (χ4n) is 1.51. The Morgan fingerprint density at radius 1 is 1.58 bits per heavy atom. The van der Waals surface area contributed by atoms with E-state index in [1.165, 1.54) is 0 Å². The summed E-state index contributed by atoms with van der Waals surface area (Å²) in [5.74, 6) is -0.401. The Morgan fingerprint density at radius 3 is 2.84 bits per heavy atom. The number of ether oxygens (including phenoxy) is 1. The first-order chi connectivity index (χ1) is 8.81. The van der Waals surface area contributed by atoms with Crippen LogP contribution in [-0.2, 0) is 16.0 Å². The maximum Gasteiger partial charge on any atom is 0.323 e. The Balaban J connectivity index is 2.52. The quantitative estimate of drug-likeness (QED) is 0.831. The van der Waals surface area contributed by atoms with Crippen molar-refractivity contribution >= 4 is 5.97 Å². The van der Waals surface area contributed by atoms with Gasteiger partial charge in [0.1, 0.15) is 23.4 Å². The minimum Gasteiger partial charge on any atom is -0.459 e. The third kappa shape index (κ3) is 5.49. The minimum atomic E-state index is -0.655. The molecule has 0 bridgehead atoms. The Kier molecular flexibility index (Phi) is 5.02. The zero-order valence-electron chi connectivity index (χ0n) is 11.5. The largest absolute Gasteiger partial charge is 0.459 e. The van der Waals surface area contributed by atoms with E-state index in [0.717, 1.165) is 5.56 Å². The molecule has 1 aromatic rings. The minimum absolute atomic E-state index is 0.364. The van der Waals surface area contributed by atoms with Gasteiger partial charge in [0.15, 0.2) is 0 Å². The van der Waals surface area contributed by atoms with E-state index in [0.29, 0.717) is 18.5 Å². The topological polar surface area (TPSA) is 89.0 Å². The first-order valence-corrected chi connectivity index (χ1v) is 6.15. The van der Waals surface area contributed by atoms with Gasteiger partial charge in [-0.3, -0.25) is 4.79 Å². The summed E-state index contributed by atoms with van der Waals surface area (Å²) in [7, 11) is 0. The molecule has 0 aliphatic carbocycles. The van der Waals surface area contributed by atoms with Gasteiger partial charge in [0, 0.05) is 6.20 Å². The lowest BCUT2D eigenvalue weighted by Crippen LogP contribution is -2.37. The van der Waals surface area contributed by atoms with Crippen molar-refractivity contribution in [3.63, 3.8) is 0 Å². The molecule has 19 heavy (non-hydrogen) atoms. The van der Waals surface area contributed by atoms with Gasteiger partial charge in [-0.1, -0.05) is 0 Å². The lowest BCUT2D eigenvalue weighted by Gasteiger charge is -2.22. The number of nitrogens with zero attached hydrogens (tertiary/aromatic N) is 2. The predicted molar refractivity (Wildman–Crippen MR) is 71.1 cm³/mol. The van der Waals surface area contributed by atoms with E-state index in [1.807, 2.05) is 12.1 Å². The van der Waals surface area contributed by atoms with Crippen LogP contribution in [0.5, 0.6) is 0 Å². The molecule has 0 saturated heterocycles. The molecule has 5 heteroatoms. The van der Waals surface area contributed by atoms with Crippen LogP contribution >= 0.6 is 0 Å². The molecule has 5 nitrogen and oxygen atoms in total. The van der Waals surface area contributed by atoms with E-state index >= 15 is 0 Å². The second-order valence-electron chi connectivity index (χ2n) is 5.34. The molecule has 0 aliphatic heterocycles. The van der Waals surface area contributed by atoms with Crippen LogP contribution in [0.3, 0.4) is 0 Å². The first kappa shape index (κ1) is 15.1. The van der Waals surface area contributed by atoms with Crippen molar-refractivity contribution in [2.75, 3.05) is 0 Å². The molecular weight excluding hydrogens is 242 g/mol. The average molecular weight is 261 g/mol. The normalized spacial score (nSPS) is 12.6. The predicted octanol–water partition coefficient (Wildman–Crippen LogP) is 1.55. The Morgan fingerprint density at radius 2 is 2.26 bits per heavy atom. The lowest BCUT2D eigenvalue weighted by molar-refractivity contribution is -0.156. The van der Waals surface area contributed by atoms with E-state index in [1.54, 1.807) is 33.0 Å². The molecule has 1 aromatic heterocycles. The van der Waals surface area contributed by atoms with E-state index in [-0.39, 0.29) is 0 Å². The van der Waals surface area contributed by atoms with Crippen LogP contribution in [0, 0.1) is 11.3 Å². The Bertz CT molecular complexity index is 486. The molecule has 1 heterocycles. The maximum absolute atomic E-state index is 11.7. The van der Waals surface area contributed by atoms with Gasteiger partial charge in [-0.25, -0.2) is 4.98 Å². The molecule has 0 spiro atoms. The average Bonchev–Trinajstić information content (AvgIpc) is 2.34. The lowest BCUT2D eigenvalue weighted by atomic mass is 10.1. The summed E-state index contributed by atoms with van der Waals surface area (Å²) in [5.41, 5.74) is 6.56.